The van der Waals surface area contributed by atoms with Crippen molar-refractivity contribution in [3.63, 3.8) is 0 Å². The van der Waals surface area contributed by atoms with Crippen LogP contribution in [0.15, 0.2) is 36.4 Å². The van der Waals surface area contributed by atoms with Crippen LogP contribution in [-0.4, -0.2) is 4.98 Å². The van der Waals surface area contributed by atoms with Gasteiger partial charge >= 0.3 is 0 Å². The van der Waals surface area contributed by atoms with Gasteiger partial charge in [0.2, 0.25) is 0 Å². The van der Waals surface area contributed by atoms with Crippen molar-refractivity contribution in [3.05, 3.63) is 64.7 Å². The van der Waals surface area contributed by atoms with E-state index in [1.165, 1.54) is 39.6 Å². The summed E-state index contributed by atoms with van der Waals surface area (Å²) in [6.45, 7) is 0. The summed E-state index contributed by atoms with van der Waals surface area (Å²) in [6.07, 6.45) is 7.91. The van der Waals surface area contributed by atoms with Gasteiger partial charge in [0, 0.05) is 25.5 Å². The Balaban J connectivity index is 0.00000125. The van der Waals surface area contributed by atoms with E-state index in [2.05, 4.69) is 48.6 Å². The summed E-state index contributed by atoms with van der Waals surface area (Å²) in [5.74, 6) is 0. The predicted molar refractivity (Wildman–Crippen MR) is 87.0 cm³/mol. The normalized spacial score (nSPS) is 14.2. The Kier molecular flexibility index (Phi) is 3.25. The van der Waals surface area contributed by atoms with Gasteiger partial charge in [-0.1, -0.05) is 42.7 Å². The first-order valence-electron chi connectivity index (χ1n) is 7.55. The molecule has 3 aromatic rings. The monoisotopic (exact) mass is 461 g/mol. The van der Waals surface area contributed by atoms with Crippen LogP contribution in [0, 0.1) is 6.07 Å². The zero-order valence-corrected chi connectivity index (χ0v) is 14.4. The molecule has 2 aliphatic rings. The van der Waals surface area contributed by atoms with Gasteiger partial charge in [0.1, 0.15) is 0 Å². The third kappa shape index (κ3) is 1.84. The van der Waals surface area contributed by atoms with Gasteiger partial charge in [-0.25, -0.2) is 0 Å². The summed E-state index contributed by atoms with van der Waals surface area (Å²) in [6, 6.07) is 16.2. The van der Waals surface area contributed by atoms with E-state index in [4.69, 9.17) is 4.98 Å². The van der Waals surface area contributed by atoms with Gasteiger partial charge in [-0.2, -0.15) is 0 Å². The Bertz CT molecular complexity index is 924. The molecule has 2 aliphatic carbocycles. The van der Waals surface area contributed by atoms with Crippen LogP contribution in [0.1, 0.15) is 28.7 Å². The van der Waals surface area contributed by atoms with E-state index >= 15 is 0 Å². The predicted octanol–water partition coefficient (Wildman–Crippen LogP) is 4.67. The minimum atomic E-state index is 0. The summed E-state index contributed by atoms with van der Waals surface area (Å²) in [7, 11) is 0. The maximum atomic E-state index is 5.01. The van der Waals surface area contributed by atoms with E-state index in [1.54, 1.807) is 0 Å². The van der Waals surface area contributed by atoms with Gasteiger partial charge in [0.25, 0.3) is 0 Å². The van der Waals surface area contributed by atoms with Crippen LogP contribution >= 0.6 is 0 Å². The number of hydrogen-bond acceptors (Lipinski definition) is 1. The average molecular weight is 461 g/mol. The van der Waals surface area contributed by atoms with Crippen LogP contribution in [0.4, 0.5) is 0 Å². The molecular formula is C20H14IrN-. The second-order valence-electron chi connectivity index (χ2n) is 5.85. The number of aromatic nitrogens is 1. The van der Waals surface area contributed by atoms with Crippen molar-refractivity contribution in [2.45, 2.75) is 19.3 Å². The summed E-state index contributed by atoms with van der Waals surface area (Å²) >= 11 is 0. The fourth-order valence-electron chi connectivity index (χ4n) is 3.72. The van der Waals surface area contributed by atoms with Crippen LogP contribution in [0.5, 0.6) is 0 Å². The number of nitrogens with zero attached hydrogens (tertiary/aromatic N) is 1. The largest absolute Gasteiger partial charge is 0.296 e. The molecule has 0 unspecified atom stereocenters. The molecule has 2 heteroatoms. The van der Waals surface area contributed by atoms with Crippen LogP contribution in [0.2, 0.25) is 0 Å². The van der Waals surface area contributed by atoms with Crippen LogP contribution in [0.3, 0.4) is 0 Å². The molecular weight excluding hydrogens is 446 g/mol. The van der Waals surface area contributed by atoms with Crippen molar-refractivity contribution in [1.29, 1.82) is 0 Å². The molecule has 0 bridgehead atoms. The maximum Gasteiger partial charge on any atom is 0.0607 e. The molecule has 0 saturated carbocycles. The van der Waals surface area contributed by atoms with Crippen molar-refractivity contribution in [2.24, 2.45) is 0 Å². The Morgan fingerprint density at radius 2 is 1.95 bits per heavy atom. The first-order valence-corrected chi connectivity index (χ1v) is 7.55. The van der Waals surface area contributed by atoms with E-state index in [1.807, 2.05) is 6.07 Å². The molecule has 5 rings (SSSR count). The van der Waals surface area contributed by atoms with Crippen molar-refractivity contribution >= 4 is 23.1 Å². The van der Waals surface area contributed by atoms with Gasteiger partial charge in [-0.05, 0) is 29.3 Å². The summed E-state index contributed by atoms with van der Waals surface area (Å²) in [4.78, 5) is 5.01. The zero-order valence-electron chi connectivity index (χ0n) is 12.0. The molecule has 0 N–H and O–H groups in total. The van der Waals surface area contributed by atoms with Crippen molar-refractivity contribution < 1.29 is 20.1 Å². The molecule has 2 aromatic carbocycles. The van der Waals surface area contributed by atoms with E-state index in [0.717, 1.165) is 24.1 Å². The molecule has 0 amide bonds. The number of aryl methyl sites for hydroxylation is 1. The van der Waals surface area contributed by atoms with Crippen molar-refractivity contribution in [3.8, 4) is 11.3 Å². The fourth-order valence-corrected chi connectivity index (χ4v) is 3.72. The molecule has 1 heterocycles. The molecule has 0 saturated heterocycles. The van der Waals surface area contributed by atoms with E-state index in [9.17, 15) is 0 Å². The molecule has 1 radical (unpaired) electrons. The fraction of sp³-hybridized carbons (Fsp3) is 0.150. The van der Waals surface area contributed by atoms with Crippen LogP contribution in [0.25, 0.3) is 34.3 Å². The third-order valence-corrected chi connectivity index (χ3v) is 4.67. The Morgan fingerprint density at radius 1 is 1.00 bits per heavy atom. The van der Waals surface area contributed by atoms with Crippen molar-refractivity contribution in [1.82, 2.24) is 4.98 Å². The standard InChI is InChI=1S/C20H14N.Ir/c1-2-8-15-13(5-1)6-3-9-17-16-12-11-14-7-4-10-18(19(14)16)21-20(15)17;/h1-2,4-5,7,10-12H,3,6,9H2;/q-1;. The van der Waals surface area contributed by atoms with Gasteiger partial charge in [0.15, 0.2) is 0 Å². The minimum Gasteiger partial charge on any atom is -0.296 e. The minimum absolute atomic E-state index is 0. The topological polar surface area (TPSA) is 12.9 Å². The number of pyridine rings is 1. The number of fused-ring (bicyclic) bond motifs is 4. The number of hydrogen-bond donors (Lipinski definition) is 0. The Labute approximate surface area is 143 Å². The first kappa shape index (κ1) is 13.9. The first-order chi connectivity index (χ1) is 10.4. The Morgan fingerprint density at radius 3 is 2.91 bits per heavy atom. The molecule has 109 valence electrons. The quantitative estimate of drug-likeness (QED) is 0.348. The van der Waals surface area contributed by atoms with Gasteiger partial charge < -0.3 is 0 Å². The second-order valence-corrected chi connectivity index (χ2v) is 5.85. The Hall–Kier alpha value is -1.76. The zero-order chi connectivity index (χ0) is 13.8. The van der Waals surface area contributed by atoms with Gasteiger partial charge in [-0.15, -0.1) is 35.4 Å². The molecule has 0 aliphatic heterocycles. The van der Waals surface area contributed by atoms with Gasteiger partial charge in [-0.3, -0.25) is 4.98 Å². The third-order valence-electron chi connectivity index (χ3n) is 4.67. The molecule has 1 aromatic heterocycles. The van der Waals surface area contributed by atoms with Gasteiger partial charge in [0.05, 0.1) is 5.52 Å². The maximum absolute atomic E-state index is 5.01. The van der Waals surface area contributed by atoms with Crippen LogP contribution < -0.4 is 0 Å². The molecule has 0 spiro atoms. The number of rotatable bonds is 0. The number of benzene rings is 2. The molecule has 0 fully saturated rings. The summed E-state index contributed by atoms with van der Waals surface area (Å²) in [5.41, 5.74) is 8.94. The van der Waals surface area contributed by atoms with Crippen molar-refractivity contribution in [2.75, 3.05) is 0 Å². The van der Waals surface area contributed by atoms with E-state index in [-0.39, 0.29) is 20.1 Å². The van der Waals surface area contributed by atoms with E-state index in [0.29, 0.717) is 0 Å². The summed E-state index contributed by atoms with van der Waals surface area (Å²) < 4.78 is 0. The molecule has 1 nitrogen and oxygen atoms in total. The summed E-state index contributed by atoms with van der Waals surface area (Å²) in [5, 5.41) is 1.33. The molecule has 22 heavy (non-hydrogen) atoms. The average Bonchev–Trinajstić information content (AvgIpc) is 2.87. The van der Waals surface area contributed by atoms with E-state index < -0.39 is 0 Å². The SMILES string of the molecule is [Ir].[c-]1cccc2c1-c1nc3cccc4c3c(c1CCC2)C=C4. The second kappa shape index (κ2) is 5.15. The smallest absolute Gasteiger partial charge is 0.0607 e. The molecule has 0 atom stereocenters. The van der Waals surface area contributed by atoms with Crippen LogP contribution in [-0.2, 0) is 32.9 Å².